The number of carbonyl (C=O) groups is 1. The molecule has 0 saturated heterocycles. The zero-order valence-electron chi connectivity index (χ0n) is 14.5. The van der Waals surface area contributed by atoms with Crippen molar-refractivity contribution in [3.63, 3.8) is 0 Å². The Bertz CT molecular complexity index is 673. The second-order valence-electron chi connectivity index (χ2n) is 5.35. The molecule has 1 amide bonds. The van der Waals surface area contributed by atoms with Crippen LogP contribution in [0.15, 0.2) is 34.9 Å². The maximum Gasteiger partial charge on any atom is 0.254 e. The molecule has 0 radical (unpaired) electrons. The Balaban J connectivity index is 0.00000312. The van der Waals surface area contributed by atoms with Crippen LogP contribution < -0.4 is 15.8 Å². The third-order valence-corrected chi connectivity index (χ3v) is 3.47. The van der Waals surface area contributed by atoms with Gasteiger partial charge in [0.05, 0.1) is 18.7 Å². The van der Waals surface area contributed by atoms with Crippen molar-refractivity contribution in [2.24, 2.45) is 5.73 Å². The van der Waals surface area contributed by atoms with E-state index in [0.29, 0.717) is 37.7 Å². The molecule has 0 spiro atoms. The molecular formula is C18H25ClN2O4. The Morgan fingerprint density at radius 2 is 2.08 bits per heavy atom. The molecule has 1 aromatic heterocycles. The first kappa shape index (κ1) is 21.0. The van der Waals surface area contributed by atoms with Gasteiger partial charge in [-0.2, -0.15) is 0 Å². The van der Waals surface area contributed by atoms with Crippen LogP contribution in [0.1, 0.15) is 34.2 Å². The van der Waals surface area contributed by atoms with Crippen LogP contribution in [0.2, 0.25) is 0 Å². The summed E-state index contributed by atoms with van der Waals surface area (Å²) in [5.74, 6) is 1.12. The standard InChI is InChI=1S/C18H24N2O4.ClH/c1-3-22-6-7-23-17-8-13(2)4-5-14(17)11-20-18(21)15-9-16(10-19)24-12-15;/h4-5,8-9,12H,3,6-7,10-11,19H2,1-2H3,(H,20,21);1H. The van der Waals surface area contributed by atoms with E-state index in [4.69, 9.17) is 19.6 Å². The normalized spacial score (nSPS) is 10.2. The fourth-order valence-corrected chi connectivity index (χ4v) is 2.18. The number of hydrogen-bond donors (Lipinski definition) is 2. The van der Waals surface area contributed by atoms with Crippen molar-refractivity contribution in [1.82, 2.24) is 5.32 Å². The molecule has 0 aliphatic heterocycles. The van der Waals surface area contributed by atoms with Crippen molar-refractivity contribution in [3.05, 3.63) is 53.0 Å². The molecule has 6 nitrogen and oxygen atoms in total. The van der Waals surface area contributed by atoms with Gasteiger partial charge in [0, 0.05) is 18.7 Å². The zero-order valence-corrected chi connectivity index (χ0v) is 15.4. The molecule has 2 rings (SSSR count). The van der Waals surface area contributed by atoms with Gasteiger partial charge in [0.15, 0.2) is 0 Å². The van der Waals surface area contributed by atoms with E-state index in [1.165, 1.54) is 6.26 Å². The third-order valence-electron chi connectivity index (χ3n) is 3.47. The van der Waals surface area contributed by atoms with Gasteiger partial charge < -0.3 is 24.9 Å². The van der Waals surface area contributed by atoms with Gasteiger partial charge in [-0.3, -0.25) is 4.79 Å². The molecule has 0 fully saturated rings. The molecule has 25 heavy (non-hydrogen) atoms. The summed E-state index contributed by atoms with van der Waals surface area (Å²) in [6.45, 7) is 6.25. The lowest BCUT2D eigenvalue weighted by Crippen LogP contribution is -2.22. The molecule has 1 heterocycles. The minimum absolute atomic E-state index is 0. The number of rotatable bonds is 9. The molecule has 0 bridgehead atoms. The number of amides is 1. The molecule has 1 aromatic carbocycles. The topological polar surface area (TPSA) is 86.7 Å². The summed E-state index contributed by atoms with van der Waals surface area (Å²) in [6.07, 6.45) is 1.41. The number of carbonyl (C=O) groups excluding carboxylic acids is 1. The van der Waals surface area contributed by atoms with Gasteiger partial charge in [0.2, 0.25) is 0 Å². The van der Waals surface area contributed by atoms with Crippen molar-refractivity contribution in [3.8, 4) is 5.75 Å². The van der Waals surface area contributed by atoms with Crippen molar-refractivity contribution in [1.29, 1.82) is 0 Å². The van der Waals surface area contributed by atoms with Crippen LogP contribution in [0.4, 0.5) is 0 Å². The average Bonchev–Trinajstić information content (AvgIpc) is 3.07. The molecule has 138 valence electrons. The number of aryl methyl sites for hydroxylation is 1. The maximum atomic E-state index is 12.2. The Labute approximate surface area is 154 Å². The molecular weight excluding hydrogens is 344 g/mol. The molecule has 0 aliphatic carbocycles. The van der Waals surface area contributed by atoms with Crippen LogP contribution in [0.5, 0.6) is 5.75 Å². The van der Waals surface area contributed by atoms with Gasteiger partial charge in [0.1, 0.15) is 24.4 Å². The van der Waals surface area contributed by atoms with Gasteiger partial charge in [-0.25, -0.2) is 0 Å². The molecule has 0 unspecified atom stereocenters. The van der Waals surface area contributed by atoms with Crippen molar-refractivity contribution < 1.29 is 18.7 Å². The number of ether oxygens (including phenoxy) is 2. The lowest BCUT2D eigenvalue weighted by molar-refractivity contribution is 0.0948. The number of furan rings is 1. The van der Waals surface area contributed by atoms with Crippen LogP contribution in [-0.2, 0) is 17.8 Å². The zero-order chi connectivity index (χ0) is 17.4. The van der Waals surface area contributed by atoms with Gasteiger partial charge in [-0.15, -0.1) is 12.4 Å². The molecule has 3 N–H and O–H groups in total. The van der Waals surface area contributed by atoms with Gasteiger partial charge in [0.25, 0.3) is 5.91 Å². The first-order chi connectivity index (χ1) is 11.6. The lowest BCUT2D eigenvalue weighted by Gasteiger charge is -2.13. The van der Waals surface area contributed by atoms with Gasteiger partial charge >= 0.3 is 0 Å². The molecule has 0 aliphatic rings. The number of hydrogen-bond acceptors (Lipinski definition) is 5. The summed E-state index contributed by atoms with van der Waals surface area (Å²) in [5.41, 5.74) is 7.94. The summed E-state index contributed by atoms with van der Waals surface area (Å²) >= 11 is 0. The Morgan fingerprint density at radius 3 is 2.76 bits per heavy atom. The molecule has 0 atom stereocenters. The number of halogens is 1. The van der Waals surface area contributed by atoms with Gasteiger partial charge in [-0.05, 0) is 31.5 Å². The Hall–Kier alpha value is -2.02. The first-order valence-corrected chi connectivity index (χ1v) is 7.99. The first-order valence-electron chi connectivity index (χ1n) is 7.99. The van der Waals surface area contributed by atoms with Gasteiger partial charge in [-0.1, -0.05) is 12.1 Å². The fourth-order valence-electron chi connectivity index (χ4n) is 2.18. The smallest absolute Gasteiger partial charge is 0.254 e. The highest BCUT2D eigenvalue weighted by Crippen LogP contribution is 2.20. The lowest BCUT2D eigenvalue weighted by atomic mass is 10.1. The number of benzene rings is 1. The van der Waals surface area contributed by atoms with E-state index in [0.717, 1.165) is 16.9 Å². The van der Waals surface area contributed by atoms with Crippen LogP contribution in [0.25, 0.3) is 0 Å². The summed E-state index contributed by atoms with van der Waals surface area (Å²) < 4.78 is 16.2. The highest BCUT2D eigenvalue weighted by atomic mass is 35.5. The monoisotopic (exact) mass is 368 g/mol. The molecule has 0 saturated carbocycles. The average molecular weight is 369 g/mol. The van der Waals surface area contributed by atoms with Crippen LogP contribution in [-0.4, -0.2) is 25.7 Å². The van der Waals surface area contributed by atoms with Crippen molar-refractivity contribution >= 4 is 18.3 Å². The fraction of sp³-hybridized carbons (Fsp3) is 0.389. The highest BCUT2D eigenvalue weighted by Gasteiger charge is 2.11. The third kappa shape index (κ3) is 6.42. The highest BCUT2D eigenvalue weighted by molar-refractivity contribution is 5.93. The van der Waals surface area contributed by atoms with E-state index in [2.05, 4.69) is 5.32 Å². The predicted octanol–water partition coefficient (Wildman–Crippen LogP) is 2.81. The maximum absolute atomic E-state index is 12.2. The van der Waals surface area contributed by atoms with Crippen LogP contribution in [0, 0.1) is 6.92 Å². The summed E-state index contributed by atoms with van der Waals surface area (Å²) in [6, 6.07) is 7.54. The van der Waals surface area contributed by atoms with E-state index >= 15 is 0 Å². The van der Waals surface area contributed by atoms with Crippen molar-refractivity contribution in [2.75, 3.05) is 19.8 Å². The van der Waals surface area contributed by atoms with E-state index in [9.17, 15) is 4.79 Å². The Morgan fingerprint density at radius 1 is 1.28 bits per heavy atom. The number of nitrogens with two attached hydrogens (primary N) is 1. The Kier molecular flexibility index (Phi) is 9.05. The minimum Gasteiger partial charge on any atom is -0.491 e. The second kappa shape index (κ2) is 10.8. The van der Waals surface area contributed by atoms with E-state index in [1.54, 1.807) is 6.07 Å². The van der Waals surface area contributed by atoms with Crippen LogP contribution in [0.3, 0.4) is 0 Å². The summed E-state index contributed by atoms with van der Waals surface area (Å²) in [4.78, 5) is 12.2. The predicted molar refractivity (Wildman–Crippen MR) is 98.2 cm³/mol. The quantitative estimate of drug-likeness (QED) is 0.664. The summed E-state index contributed by atoms with van der Waals surface area (Å²) in [7, 11) is 0. The second-order valence-corrected chi connectivity index (χ2v) is 5.35. The SMILES string of the molecule is CCOCCOc1cc(C)ccc1CNC(=O)c1coc(CN)c1.Cl. The molecule has 7 heteroatoms. The van der Waals surface area contributed by atoms with Crippen LogP contribution >= 0.6 is 12.4 Å². The van der Waals surface area contributed by atoms with E-state index < -0.39 is 0 Å². The van der Waals surface area contributed by atoms with E-state index in [1.807, 2.05) is 32.0 Å². The molecule has 2 aromatic rings. The van der Waals surface area contributed by atoms with Crippen molar-refractivity contribution in [2.45, 2.75) is 26.9 Å². The number of nitrogens with one attached hydrogen (secondary N) is 1. The summed E-state index contributed by atoms with van der Waals surface area (Å²) in [5, 5.41) is 2.86. The van der Waals surface area contributed by atoms with E-state index in [-0.39, 0.29) is 24.9 Å². The largest absolute Gasteiger partial charge is 0.491 e. The minimum atomic E-state index is -0.209.